The van der Waals surface area contributed by atoms with E-state index in [0.717, 1.165) is 12.2 Å². The summed E-state index contributed by atoms with van der Waals surface area (Å²) in [6, 6.07) is -0.269. The number of nitrogens with zero attached hydrogens (tertiary/aromatic N) is 4. The first-order chi connectivity index (χ1) is 11.2. The van der Waals surface area contributed by atoms with E-state index >= 15 is 0 Å². The second-order valence-electron chi connectivity index (χ2n) is 5.35. The molecule has 1 aliphatic rings. The van der Waals surface area contributed by atoms with Crippen LogP contribution in [0.2, 0.25) is 0 Å². The summed E-state index contributed by atoms with van der Waals surface area (Å²) in [6.45, 7) is 5.75. The summed E-state index contributed by atoms with van der Waals surface area (Å²) in [5.41, 5.74) is 0. The van der Waals surface area contributed by atoms with Crippen LogP contribution in [0.1, 0.15) is 31.6 Å². The van der Waals surface area contributed by atoms with Crippen molar-refractivity contribution in [2.75, 3.05) is 25.0 Å². The van der Waals surface area contributed by atoms with Gasteiger partial charge in [-0.3, -0.25) is 14.8 Å². The zero-order chi connectivity index (χ0) is 16.2. The Morgan fingerprint density at radius 3 is 3.22 bits per heavy atom. The van der Waals surface area contributed by atoms with Gasteiger partial charge >= 0.3 is 0 Å². The molecule has 9 heteroatoms. The van der Waals surface area contributed by atoms with E-state index in [1.54, 1.807) is 6.20 Å². The number of aryl methyl sites for hydroxylation is 1. The van der Waals surface area contributed by atoms with Gasteiger partial charge in [0.2, 0.25) is 5.91 Å². The minimum Gasteiger partial charge on any atom is -0.367 e. The van der Waals surface area contributed by atoms with Crippen molar-refractivity contribution in [3.8, 4) is 0 Å². The third-order valence-corrected chi connectivity index (χ3v) is 4.55. The number of hydrogen-bond donors (Lipinski definition) is 2. The van der Waals surface area contributed by atoms with Gasteiger partial charge in [-0.05, 0) is 6.92 Å². The number of carbonyl (C=O) groups excluding carboxylic acids is 1. The van der Waals surface area contributed by atoms with Crippen LogP contribution in [-0.4, -0.2) is 56.7 Å². The monoisotopic (exact) mass is 336 g/mol. The fraction of sp³-hybridized carbons (Fsp3) is 0.571. The Kier molecular flexibility index (Phi) is 4.99. The van der Waals surface area contributed by atoms with Gasteiger partial charge in [-0.2, -0.15) is 5.10 Å². The van der Waals surface area contributed by atoms with Gasteiger partial charge in [-0.15, -0.1) is 11.3 Å². The fourth-order valence-electron chi connectivity index (χ4n) is 2.45. The third-order valence-electron chi connectivity index (χ3n) is 3.86. The Balaban J connectivity index is 1.62. The Hall–Kier alpha value is -1.84. The zero-order valence-electron chi connectivity index (χ0n) is 13.2. The number of carbonyl (C=O) groups is 1. The maximum Gasteiger partial charge on any atom is 0.243 e. The van der Waals surface area contributed by atoms with Gasteiger partial charge in [0, 0.05) is 31.1 Å². The highest BCUT2D eigenvalue weighted by Gasteiger charge is 2.30. The van der Waals surface area contributed by atoms with Crippen molar-refractivity contribution in [3.05, 3.63) is 23.2 Å². The van der Waals surface area contributed by atoms with E-state index in [2.05, 4.69) is 30.4 Å². The second kappa shape index (κ2) is 7.16. The van der Waals surface area contributed by atoms with Crippen molar-refractivity contribution in [2.24, 2.45) is 0 Å². The fourth-order valence-corrected chi connectivity index (χ4v) is 2.98. The lowest BCUT2D eigenvalue weighted by Gasteiger charge is -2.34. The molecule has 0 bridgehead atoms. The maximum absolute atomic E-state index is 12.3. The van der Waals surface area contributed by atoms with Crippen molar-refractivity contribution in [1.82, 2.24) is 25.1 Å². The number of amides is 1. The topological polar surface area (TPSA) is 96.0 Å². The predicted molar refractivity (Wildman–Crippen MR) is 86.2 cm³/mol. The number of morpholine rings is 1. The number of nitrogens with one attached hydrogen (secondary N) is 2. The van der Waals surface area contributed by atoms with Crippen molar-refractivity contribution >= 4 is 22.4 Å². The summed E-state index contributed by atoms with van der Waals surface area (Å²) in [5.74, 6) is 1.43. The Morgan fingerprint density at radius 2 is 2.52 bits per heavy atom. The maximum atomic E-state index is 12.3. The molecule has 2 aromatic rings. The average Bonchev–Trinajstić information content (AvgIpc) is 3.25. The highest BCUT2D eigenvalue weighted by Crippen LogP contribution is 2.21. The summed E-state index contributed by atoms with van der Waals surface area (Å²) >= 11 is 1.41. The van der Waals surface area contributed by atoms with Gasteiger partial charge in [-0.1, -0.05) is 6.92 Å². The van der Waals surface area contributed by atoms with E-state index in [9.17, 15) is 4.79 Å². The summed E-state index contributed by atoms with van der Waals surface area (Å²) < 4.78 is 5.76. The molecule has 8 nitrogen and oxygen atoms in total. The van der Waals surface area contributed by atoms with Crippen LogP contribution in [-0.2, 0) is 16.0 Å². The van der Waals surface area contributed by atoms with Crippen LogP contribution in [0.15, 0.2) is 11.6 Å². The molecule has 0 radical (unpaired) electrons. The Morgan fingerprint density at radius 1 is 1.65 bits per heavy atom. The van der Waals surface area contributed by atoms with Gasteiger partial charge in [0.25, 0.3) is 0 Å². The average molecular weight is 336 g/mol. The SMILES string of the molecule is CCc1nc([C@H]2CN([C@H](C)C(=O)Nc3nccs3)CCO2)n[nH]1. The van der Waals surface area contributed by atoms with Crippen LogP contribution in [0.5, 0.6) is 0 Å². The number of thiazole rings is 1. The van der Waals surface area contributed by atoms with Crippen molar-refractivity contribution in [2.45, 2.75) is 32.4 Å². The predicted octanol–water partition coefficient (Wildman–Crippen LogP) is 1.22. The third kappa shape index (κ3) is 3.74. The van der Waals surface area contributed by atoms with E-state index in [4.69, 9.17) is 4.74 Å². The first-order valence-electron chi connectivity index (χ1n) is 7.64. The molecule has 2 N–H and O–H groups in total. The highest BCUT2D eigenvalue weighted by molar-refractivity contribution is 7.13. The number of hydrogen-bond acceptors (Lipinski definition) is 7. The number of anilines is 1. The Bertz CT molecular complexity index is 643. The molecular formula is C14H20N6O2S. The molecule has 0 aromatic carbocycles. The minimum absolute atomic E-state index is 0.0650. The summed E-state index contributed by atoms with van der Waals surface area (Å²) in [5, 5.41) is 12.4. The van der Waals surface area contributed by atoms with Crippen LogP contribution in [0.3, 0.4) is 0 Å². The molecule has 124 valence electrons. The van der Waals surface area contributed by atoms with E-state index < -0.39 is 0 Å². The molecule has 3 rings (SSSR count). The van der Waals surface area contributed by atoms with Crippen LogP contribution in [0.4, 0.5) is 5.13 Å². The van der Waals surface area contributed by atoms with Crippen LogP contribution in [0, 0.1) is 0 Å². The standard InChI is InChI=1S/C14H20N6O2S/c1-3-11-16-12(19-18-11)10-8-20(5-6-22-10)9(2)13(21)17-14-15-4-7-23-14/h4,7,9-10H,3,5-6,8H2,1-2H3,(H,15,17,21)(H,16,18,19)/t9-,10-/m1/s1. The molecule has 2 atom stereocenters. The van der Waals surface area contributed by atoms with Crippen LogP contribution in [0.25, 0.3) is 0 Å². The molecule has 0 saturated carbocycles. The summed E-state index contributed by atoms with van der Waals surface area (Å²) in [7, 11) is 0. The number of aromatic nitrogens is 4. The van der Waals surface area contributed by atoms with E-state index in [1.807, 2.05) is 19.2 Å². The molecule has 1 amide bonds. The lowest BCUT2D eigenvalue weighted by molar-refractivity contribution is -0.124. The molecule has 1 fully saturated rings. The van der Waals surface area contributed by atoms with Crippen molar-refractivity contribution in [1.29, 1.82) is 0 Å². The van der Waals surface area contributed by atoms with Crippen LogP contribution < -0.4 is 5.32 Å². The lowest BCUT2D eigenvalue weighted by atomic mass is 10.2. The second-order valence-corrected chi connectivity index (χ2v) is 6.25. The largest absolute Gasteiger partial charge is 0.367 e. The number of rotatable bonds is 5. The first kappa shape index (κ1) is 16.0. The Labute approximate surface area is 138 Å². The number of aromatic amines is 1. The molecule has 0 aliphatic carbocycles. The summed E-state index contributed by atoms with van der Waals surface area (Å²) in [6.07, 6.45) is 2.26. The minimum atomic E-state index is -0.269. The molecule has 2 aromatic heterocycles. The smallest absolute Gasteiger partial charge is 0.243 e. The molecule has 23 heavy (non-hydrogen) atoms. The van der Waals surface area contributed by atoms with Gasteiger partial charge < -0.3 is 10.1 Å². The van der Waals surface area contributed by atoms with Crippen LogP contribution >= 0.6 is 11.3 Å². The molecule has 1 saturated heterocycles. The van der Waals surface area contributed by atoms with E-state index in [0.29, 0.717) is 30.7 Å². The highest BCUT2D eigenvalue weighted by atomic mass is 32.1. The molecule has 0 unspecified atom stereocenters. The molecule has 3 heterocycles. The summed E-state index contributed by atoms with van der Waals surface area (Å²) in [4.78, 5) is 22.9. The van der Waals surface area contributed by atoms with Crippen molar-refractivity contribution < 1.29 is 9.53 Å². The quantitative estimate of drug-likeness (QED) is 0.852. The van der Waals surface area contributed by atoms with Gasteiger partial charge in [0.1, 0.15) is 11.9 Å². The molecular weight excluding hydrogens is 316 g/mol. The normalized spacial score (nSPS) is 20.3. The lowest BCUT2D eigenvalue weighted by Crippen LogP contribution is -2.48. The first-order valence-corrected chi connectivity index (χ1v) is 8.52. The number of ether oxygens (including phenoxy) is 1. The number of H-pyrrole nitrogens is 1. The van der Waals surface area contributed by atoms with E-state index in [1.165, 1.54) is 11.3 Å². The van der Waals surface area contributed by atoms with Gasteiger partial charge in [-0.25, -0.2) is 9.97 Å². The molecule has 1 aliphatic heterocycles. The van der Waals surface area contributed by atoms with Crippen molar-refractivity contribution in [3.63, 3.8) is 0 Å². The van der Waals surface area contributed by atoms with Gasteiger partial charge in [0.15, 0.2) is 11.0 Å². The molecule has 0 spiro atoms. The van der Waals surface area contributed by atoms with E-state index in [-0.39, 0.29) is 18.1 Å². The van der Waals surface area contributed by atoms with Gasteiger partial charge in [0.05, 0.1) is 12.6 Å². The zero-order valence-corrected chi connectivity index (χ0v) is 14.0.